The number of nitrogens with one attached hydrogen (secondary N) is 1. The minimum atomic E-state index is -0.646. The first-order valence-corrected chi connectivity index (χ1v) is 9.93. The van der Waals surface area contributed by atoms with E-state index in [9.17, 15) is 19.7 Å². The van der Waals surface area contributed by atoms with Crippen molar-refractivity contribution in [2.75, 3.05) is 11.9 Å². The molecule has 0 aliphatic carbocycles. The molecule has 1 atom stereocenters. The zero-order chi connectivity index (χ0) is 22.1. The fourth-order valence-electron chi connectivity index (χ4n) is 3.80. The van der Waals surface area contributed by atoms with Crippen LogP contribution < -0.4 is 5.32 Å². The quantitative estimate of drug-likeness (QED) is 0.475. The Balaban J connectivity index is 1.93. The number of halogens is 1. The van der Waals surface area contributed by atoms with Crippen LogP contribution in [0.5, 0.6) is 0 Å². The first-order valence-electron chi connectivity index (χ1n) is 9.55. The van der Waals surface area contributed by atoms with Gasteiger partial charge in [-0.2, -0.15) is 0 Å². The molecule has 1 unspecified atom stereocenters. The van der Waals surface area contributed by atoms with Gasteiger partial charge in [-0.05, 0) is 30.7 Å². The van der Waals surface area contributed by atoms with E-state index in [0.717, 1.165) is 16.7 Å². The Bertz CT molecular complexity index is 1200. The molecule has 0 saturated heterocycles. The lowest BCUT2D eigenvalue weighted by atomic mass is 9.94. The SMILES string of the molecule is Cc1ccc2c(c1)C(c1ccccc1)N(C(=O)c1cc(Cl)ccc1[N+](=O)[O-])CC(=O)N2. The van der Waals surface area contributed by atoms with Gasteiger partial charge in [0.2, 0.25) is 5.91 Å². The van der Waals surface area contributed by atoms with E-state index in [1.807, 2.05) is 49.4 Å². The average molecular weight is 436 g/mol. The van der Waals surface area contributed by atoms with E-state index in [2.05, 4.69) is 5.32 Å². The van der Waals surface area contributed by atoms with Crippen molar-refractivity contribution < 1.29 is 14.5 Å². The Kier molecular flexibility index (Phi) is 5.44. The fourth-order valence-corrected chi connectivity index (χ4v) is 3.98. The first-order chi connectivity index (χ1) is 14.8. The monoisotopic (exact) mass is 435 g/mol. The molecule has 156 valence electrons. The largest absolute Gasteiger partial charge is 0.324 e. The summed E-state index contributed by atoms with van der Waals surface area (Å²) in [6.45, 7) is 1.65. The van der Waals surface area contributed by atoms with Crippen LogP contribution in [0, 0.1) is 17.0 Å². The Morgan fingerprint density at radius 2 is 1.87 bits per heavy atom. The minimum Gasteiger partial charge on any atom is -0.324 e. The number of carbonyl (C=O) groups excluding carboxylic acids is 2. The fraction of sp³-hybridized carbons (Fsp3) is 0.130. The number of nitrogens with zero attached hydrogens (tertiary/aromatic N) is 2. The van der Waals surface area contributed by atoms with E-state index in [1.54, 1.807) is 6.07 Å². The maximum Gasteiger partial charge on any atom is 0.282 e. The van der Waals surface area contributed by atoms with Gasteiger partial charge in [0.15, 0.2) is 0 Å². The predicted molar refractivity (Wildman–Crippen MR) is 117 cm³/mol. The van der Waals surface area contributed by atoms with Crippen molar-refractivity contribution in [3.05, 3.63) is 104 Å². The molecule has 1 heterocycles. The molecule has 2 amide bonds. The number of rotatable bonds is 3. The summed E-state index contributed by atoms with van der Waals surface area (Å²) in [7, 11) is 0. The van der Waals surface area contributed by atoms with Crippen LogP contribution in [0.1, 0.15) is 33.1 Å². The summed E-state index contributed by atoms with van der Waals surface area (Å²) in [5.74, 6) is -1.03. The van der Waals surface area contributed by atoms with Gasteiger partial charge >= 0.3 is 0 Å². The number of aryl methyl sites for hydroxylation is 1. The van der Waals surface area contributed by atoms with Crippen LogP contribution in [-0.4, -0.2) is 28.2 Å². The molecular formula is C23H18ClN3O4. The van der Waals surface area contributed by atoms with Crippen LogP contribution in [0.3, 0.4) is 0 Å². The summed E-state index contributed by atoms with van der Waals surface area (Å²) in [5.41, 5.74) is 2.54. The third-order valence-electron chi connectivity index (χ3n) is 5.16. The normalized spacial score (nSPS) is 15.6. The van der Waals surface area contributed by atoms with Crippen molar-refractivity contribution in [1.29, 1.82) is 0 Å². The maximum atomic E-state index is 13.6. The van der Waals surface area contributed by atoms with Crippen LogP contribution in [0.4, 0.5) is 11.4 Å². The molecule has 0 aromatic heterocycles. The molecule has 1 aliphatic heterocycles. The first kappa shape index (κ1) is 20.6. The maximum absolute atomic E-state index is 13.6. The minimum absolute atomic E-state index is 0.165. The molecule has 0 spiro atoms. The molecule has 0 fully saturated rings. The van der Waals surface area contributed by atoms with Crippen LogP contribution >= 0.6 is 11.6 Å². The van der Waals surface area contributed by atoms with Crippen molar-refractivity contribution in [2.45, 2.75) is 13.0 Å². The lowest BCUT2D eigenvalue weighted by Crippen LogP contribution is -2.39. The number of fused-ring (bicyclic) bond motifs is 1. The van der Waals surface area contributed by atoms with Gasteiger partial charge in [0.25, 0.3) is 11.6 Å². The number of hydrogen-bond acceptors (Lipinski definition) is 4. The molecule has 3 aromatic rings. The van der Waals surface area contributed by atoms with Gasteiger partial charge in [0.05, 0.1) is 11.0 Å². The van der Waals surface area contributed by atoms with Crippen molar-refractivity contribution in [2.24, 2.45) is 0 Å². The highest BCUT2D eigenvalue weighted by atomic mass is 35.5. The number of amides is 2. The summed E-state index contributed by atoms with van der Waals surface area (Å²) in [5, 5.41) is 14.6. The smallest absolute Gasteiger partial charge is 0.282 e. The van der Waals surface area contributed by atoms with Crippen molar-refractivity contribution in [3.63, 3.8) is 0 Å². The summed E-state index contributed by atoms with van der Waals surface area (Å²) in [6, 6.07) is 18.0. The molecule has 0 saturated carbocycles. The number of carbonyl (C=O) groups is 2. The topological polar surface area (TPSA) is 92.6 Å². The molecule has 31 heavy (non-hydrogen) atoms. The Morgan fingerprint density at radius 3 is 2.58 bits per heavy atom. The Labute approximate surface area is 183 Å². The van der Waals surface area contributed by atoms with Crippen molar-refractivity contribution >= 4 is 34.8 Å². The van der Waals surface area contributed by atoms with E-state index in [0.29, 0.717) is 5.69 Å². The van der Waals surface area contributed by atoms with E-state index in [4.69, 9.17) is 11.6 Å². The molecule has 0 bridgehead atoms. The van der Waals surface area contributed by atoms with Crippen molar-refractivity contribution in [3.8, 4) is 0 Å². The number of hydrogen-bond donors (Lipinski definition) is 1. The number of nitro benzene ring substituents is 1. The number of anilines is 1. The van der Waals surface area contributed by atoms with Gasteiger partial charge in [0, 0.05) is 22.3 Å². The van der Waals surface area contributed by atoms with E-state index < -0.39 is 16.9 Å². The van der Waals surface area contributed by atoms with Gasteiger partial charge in [-0.3, -0.25) is 19.7 Å². The van der Waals surface area contributed by atoms with Crippen molar-refractivity contribution in [1.82, 2.24) is 4.90 Å². The second kappa shape index (κ2) is 8.20. The summed E-state index contributed by atoms with van der Waals surface area (Å²) >= 11 is 6.05. The molecule has 4 rings (SSSR count). The molecule has 1 N–H and O–H groups in total. The zero-order valence-electron chi connectivity index (χ0n) is 16.5. The summed E-state index contributed by atoms with van der Waals surface area (Å²) < 4.78 is 0. The lowest BCUT2D eigenvalue weighted by Gasteiger charge is -2.30. The van der Waals surface area contributed by atoms with Gasteiger partial charge in [0.1, 0.15) is 12.1 Å². The third kappa shape index (κ3) is 4.00. The molecule has 1 aliphatic rings. The van der Waals surface area contributed by atoms with Crippen LogP contribution in [0.15, 0.2) is 66.7 Å². The van der Waals surface area contributed by atoms with Crippen LogP contribution in [-0.2, 0) is 4.79 Å². The van der Waals surface area contributed by atoms with Gasteiger partial charge in [-0.1, -0.05) is 59.6 Å². The average Bonchev–Trinajstić information content (AvgIpc) is 2.89. The highest BCUT2D eigenvalue weighted by Crippen LogP contribution is 2.38. The van der Waals surface area contributed by atoms with Gasteiger partial charge in [-0.15, -0.1) is 0 Å². The second-order valence-electron chi connectivity index (χ2n) is 7.30. The number of benzene rings is 3. The zero-order valence-corrected chi connectivity index (χ0v) is 17.3. The van der Waals surface area contributed by atoms with E-state index >= 15 is 0 Å². The summed E-state index contributed by atoms with van der Waals surface area (Å²) in [4.78, 5) is 38.6. The Morgan fingerprint density at radius 1 is 1.13 bits per heavy atom. The summed E-state index contributed by atoms with van der Waals surface area (Å²) in [6.07, 6.45) is 0. The van der Waals surface area contributed by atoms with Crippen LogP contribution in [0.25, 0.3) is 0 Å². The molecule has 8 heteroatoms. The van der Waals surface area contributed by atoms with Gasteiger partial charge in [-0.25, -0.2) is 0 Å². The lowest BCUT2D eigenvalue weighted by molar-refractivity contribution is -0.385. The van der Waals surface area contributed by atoms with E-state index in [-0.39, 0.29) is 28.7 Å². The second-order valence-corrected chi connectivity index (χ2v) is 7.74. The van der Waals surface area contributed by atoms with Crippen LogP contribution in [0.2, 0.25) is 5.02 Å². The van der Waals surface area contributed by atoms with Gasteiger partial charge < -0.3 is 10.2 Å². The highest BCUT2D eigenvalue weighted by Gasteiger charge is 2.36. The predicted octanol–water partition coefficient (Wildman–Crippen LogP) is 4.74. The van der Waals surface area contributed by atoms with E-state index in [1.165, 1.54) is 23.1 Å². The molecule has 7 nitrogen and oxygen atoms in total. The molecular weight excluding hydrogens is 418 g/mol. The molecule has 0 radical (unpaired) electrons. The highest BCUT2D eigenvalue weighted by molar-refractivity contribution is 6.31. The Hall–Kier alpha value is -3.71. The molecule has 3 aromatic carbocycles. The number of nitro groups is 1. The standard InChI is InChI=1S/C23H18ClN3O4/c1-14-7-9-19-17(11-14)22(15-5-3-2-4-6-15)26(13-21(28)25-19)23(29)18-12-16(24)8-10-20(18)27(30)31/h2-12,22H,13H2,1H3,(H,25,28). The third-order valence-corrected chi connectivity index (χ3v) is 5.40.